The first-order valence-corrected chi connectivity index (χ1v) is 9.64. The lowest BCUT2D eigenvalue weighted by molar-refractivity contribution is -0.116. The maximum Gasteiger partial charge on any atom is 0.254 e. The van der Waals surface area contributed by atoms with Crippen LogP contribution >= 0.6 is 0 Å². The second kappa shape index (κ2) is 9.84. The van der Waals surface area contributed by atoms with E-state index >= 15 is 0 Å². The molecule has 0 aliphatic heterocycles. The van der Waals surface area contributed by atoms with Gasteiger partial charge in [-0.3, -0.25) is 9.59 Å². The number of aromatic nitrogens is 2. The Labute approximate surface area is 178 Å². The van der Waals surface area contributed by atoms with Crippen LogP contribution in [-0.2, 0) is 11.3 Å². The second-order valence-electron chi connectivity index (χ2n) is 7.11. The van der Waals surface area contributed by atoms with E-state index in [-0.39, 0.29) is 24.4 Å². The first-order valence-electron chi connectivity index (χ1n) is 9.64. The van der Waals surface area contributed by atoms with Crippen molar-refractivity contribution in [2.45, 2.75) is 13.0 Å². The smallest absolute Gasteiger partial charge is 0.254 e. The number of carbonyl (C=O) groups excluding carboxylic acids is 2. The molecule has 2 N–H and O–H groups in total. The van der Waals surface area contributed by atoms with E-state index in [2.05, 4.69) is 15.7 Å². The summed E-state index contributed by atoms with van der Waals surface area (Å²) in [4.78, 5) is 26.2. The number of hydrogen-bond acceptors (Lipinski definition) is 4. The van der Waals surface area contributed by atoms with E-state index in [0.717, 1.165) is 23.4 Å². The second-order valence-corrected chi connectivity index (χ2v) is 7.11. The Morgan fingerprint density at radius 1 is 1.06 bits per heavy atom. The van der Waals surface area contributed by atoms with Crippen LogP contribution in [0.15, 0.2) is 54.7 Å². The van der Waals surface area contributed by atoms with Gasteiger partial charge in [-0.1, -0.05) is 12.1 Å². The van der Waals surface area contributed by atoms with Gasteiger partial charge in [-0.2, -0.15) is 5.10 Å². The van der Waals surface area contributed by atoms with Crippen molar-refractivity contribution in [1.29, 1.82) is 0 Å². The Bertz CT molecular complexity index is 1060. The SMILES string of the molecule is CN(C)c1ccc(Cn2nccc2NC(=O)CCNC(=O)c2ccc(F)cc2F)cc1. The standard InChI is InChI=1S/C22H23F2N5O2/c1-28(2)17-6-3-15(4-7-17)14-29-20(9-12-26-29)27-21(30)10-11-25-22(31)18-8-5-16(23)13-19(18)24/h3-9,12-13H,10-11,14H2,1-2H3,(H,25,31)(H,27,30). The molecule has 0 aliphatic rings. The lowest BCUT2D eigenvalue weighted by Gasteiger charge is -2.13. The summed E-state index contributed by atoms with van der Waals surface area (Å²) in [6.07, 6.45) is 1.57. The van der Waals surface area contributed by atoms with Crippen molar-refractivity contribution in [2.75, 3.05) is 30.9 Å². The van der Waals surface area contributed by atoms with Crippen LogP contribution in [0.3, 0.4) is 0 Å². The molecule has 2 amide bonds. The van der Waals surface area contributed by atoms with Gasteiger partial charge in [0.15, 0.2) is 0 Å². The molecule has 3 rings (SSSR count). The summed E-state index contributed by atoms with van der Waals surface area (Å²) in [5, 5.41) is 9.44. The summed E-state index contributed by atoms with van der Waals surface area (Å²) in [5.41, 5.74) is 1.83. The predicted molar refractivity (Wildman–Crippen MR) is 114 cm³/mol. The highest BCUT2D eigenvalue weighted by Gasteiger charge is 2.13. The van der Waals surface area contributed by atoms with Crippen LogP contribution < -0.4 is 15.5 Å². The minimum absolute atomic E-state index is 0.00161. The fourth-order valence-electron chi connectivity index (χ4n) is 2.90. The normalized spacial score (nSPS) is 10.6. The van der Waals surface area contributed by atoms with E-state index in [0.29, 0.717) is 18.4 Å². The average Bonchev–Trinajstić information content (AvgIpc) is 3.14. The van der Waals surface area contributed by atoms with Crippen molar-refractivity contribution >= 4 is 23.3 Å². The molecule has 0 radical (unpaired) electrons. The van der Waals surface area contributed by atoms with Crippen LogP contribution in [-0.4, -0.2) is 42.2 Å². The van der Waals surface area contributed by atoms with Crippen molar-refractivity contribution in [2.24, 2.45) is 0 Å². The lowest BCUT2D eigenvalue weighted by Crippen LogP contribution is -2.28. The molecule has 0 spiro atoms. The van der Waals surface area contributed by atoms with Crippen LogP contribution in [0.1, 0.15) is 22.3 Å². The Balaban J connectivity index is 1.51. The maximum atomic E-state index is 13.6. The molecule has 0 saturated carbocycles. The highest BCUT2D eigenvalue weighted by Crippen LogP contribution is 2.15. The fourth-order valence-corrected chi connectivity index (χ4v) is 2.90. The Morgan fingerprint density at radius 3 is 2.48 bits per heavy atom. The number of carbonyl (C=O) groups is 2. The molecule has 0 aliphatic carbocycles. The molecular weight excluding hydrogens is 404 g/mol. The summed E-state index contributed by atoms with van der Waals surface area (Å²) in [7, 11) is 3.93. The number of halogens is 2. The largest absolute Gasteiger partial charge is 0.378 e. The molecule has 0 fully saturated rings. The van der Waals surface area contributed by atoms with Crippen LogP contribution in [0.2, 0.25) is 0 Å². The average molecular weight is 427 g/mol. The number of rotatable bonds is 8. The van der Waals surface area contributed by atoms with E-state index in [9.17, 15) is 18.4 Å². The third-order valence-corrected chi connectivity index (χ3v) is 4.58. The minimum Gasteiger partial charge on any atom is -0.378 e. The lowest BCUT2D eigenvalue weighted by atomic mass is 10.2. The molecule has 9 heteroatoms. The van der Waals surface area contributed by atoms with Crippen molar-refractivity contribution in [3.63, 3.8) is 0 Å². The van der Waals surface area contributed by atoms with Gasteiger partial charge in [0.1, 0.15) is 17.5 Å². The van der Waals surface area contributed by atoms with Gasteiger partial charge in [-0.05, 0) is 29.8 Å². The molecule has 1 aromatic heterocycles. The van der Waals surface area contributed by atoms with Crippen LogP contribution in [0, 0.1) is 11.6 Å². The summed E-state index contributed by atoms with van der Waals surface area (Å²) in [6.45, 7) is 0.485. The van der Waals surface area contributed by atoms with Crippen molar-refractivity contribution in [1.82, 2.24) is 15.1 Å². The maximum absolute atomic E-state index is 13.6. The molecule has 0 bridgehead atoms. The highest BCUT2D eigenvalue weighted by molar-refractivity contribution is 5.95. The third-order valence-electron chi connectivity index (χ3n) is 4.58. The monoisotopic (exact) mass is 427 g/mol. The van der Waals surface area contributed by atoms with Gasteiger partial charge >= 0.3 is 0 Å². The fraction of sp³-hybridized carbons (Fsp3) is 0.227. The minimum atomic E-state index is -0.954. The number of anilines is 2. The van der Waals surface area contributed by atoms with Gasteiger partial charge in [0, 0.05) is 44.9 Å². The number of nitrogens with one attached hydrogen (secondary N) is 2. The molecular formula is C22H23F2N5O2. The first-order chi connectivity index (χ1) is 14.8. The Morgan fingerprint density at radius 2 is 1.81 bits per heavy atom. The molecule has 2 aromatic carbocycles. The Hall–Kier alpha value is -3.75. The summed E-state index contributed by atoms with van der Waals surface area (Å²) < 4.78 is 28.2. The molecule has 0 unspecified atom stereocenters. The highest BCUT2D eigenvalue weighted by atomic mass is 19.1. The zero-order chi connectivity index (χ0) is 22.4. The van der Waals surface area contributed by atoms with E-state index in [1.54, 1.807) is 16.9 Å². The van der Waals surface area contributed by atoms with Gasteiger partial charge in [-0.25, -0.2) is 13.5 Å². The summed E-state index contributed by atoms with van der Waals surface area (Å²) >= 11 is 0. The van der Waals surface area contributed by atoms with Gasteiger partial charge in [-0.15, -0.1) is 0 Å². The molecule has 0 saturated heterocycles. The molecule has 1 heterocycles. The molecule has 0 atom stereocenters. The van der Waals surface area contributed by atoms with Gasteiger partial charge in [0.2, 0.25) is 5.91 Å². The van der Waals surface area contributed by atoms with Crippen LogP contribution in [0.25, 0.3) is 0 Å². The summed E-state index contributed by atoms with van der Waals surface area (Å²) in [6, 6.07) is 12.4. The van der Waals surface area contributed by atoms with E-state index < -0.39 is 17.5 Å². The third kappa shape index (κ3) is 5.88. The van der Waals surface area contributed by atoms with Crippen LogP contribution in [0.4, 0.5) is 20.3 Å². The van der Waals surface area contributed by atoms with E-state index in [1.807, 2.05) is 43.3 Å². The van der Waals surface area contributed by atoms with Gasteiger partial charge < -0.3 is 15.5 Å². The van der Waals surface area contributed by atoms with Gasteiger partial charge in [0.25, 0.3) is 5.91 Å². The molecule has 7 nitrogen and oxygen atoms in total. The number of amides is 2. The molecule has 31 heavy (non-hydrogen) atoms. The Kier molecular flexibility index (Phi) is 6.96. The predicted octanol–water partition coefficient (Wildman–Crippen LogP) is 3.03. The molecule has 162 valence electrons. The van der Waals surface area contributed by atoms with E-state index in [1.165, 1.54) is 0 Å². The molecule has 3 aromatic rings. The quantitative estimate of drug-likeness (QED) is 0.579. The van der Waals surface area contributed by atoms with Crippen molar-refractivity contribution in [3.8, 4) is 0 Å². The number of benzene rings is 2. The summed E-state index contributed by atoms with van der Waals surface area (Å²) in [5.74, 6) is -2.23. The topological polar surface area (TPSA) is 79.3 Å². The van der Waals surface area contributed by atoms with Gasteiger partial charge in [0.05, 0.1) is 18.3 Å². The van der Waals surface area contributed by atoms with Crippen molar-refractivity contribution in [3.05, 3.63) is 77.5 Å². The number of nitrogens with zero attached hydrogens (tertiary/aromatic N) is 3. The first kappa shape index (κ1) is 21.9. The number of hydrogen-bond donors (Lipinski definition) is 2. The van der Waals surface area contributed by atoms with Crippen LogP contribution in [0.5, 0.6) is 0 Å². The van der Waals surface area contributed by atoms with Crippen molar-refractivity contribution < 1.29 is 18.4 Å². The zero-order valence-electron chi connectivity index (χ0n) is 17.2. The van der Waals surface area contributed by atoms with E-state index in [4.69, 9.17) is 0 Å². The zero-order valence-corrected chi connectivity index (χ0v) is 17.2.